The van der Waals surface area contributed by atoms with Crippen molar-refractivity contribution in [2.45, 2.75) is 46.2 Å². The minimum atomic E-state index is 0.239. The Hall–Kier alpha value is -0.280. The van der Waals surface area contributed by atoms with Gasteiger partial charge in [0.05, 0.1) is 10.0 Å². The van der Waals surface area contributed by atoms with Crippen molar-refractivity contribution >= 4 is 23.2 Å². The molecule has 1 rings (SSSR count). The Morgan fingerprint density at radius 3 is 2.43 bits per heavy atom. The summed E-state index contributed by atoms with van der Waals surface area (Å²) in [5.41, 5.74) is 1.09. The van der Waals surface area contributed by atoms with Gasteiger partial charge in [0.1, 0.15) is 0 Å². The summed E-state index contributed by atoms with van der Waals surface area (Å²) in [6, 6.07) is 6.68. The van der Waals surface area contributed by atoms with Gasteiger partial charge in [-0.25, -0.2) is 0 Å². The maximum Gasteiger partial charge on any atom is 0.0640 e. The molecule has 1 aromatic rings. The summed E-state index contributed by atoms with van der Waals surface area (Å²) in [7, 11) is 2.19. The summed E-state index contributed by atoms with van der Waals surface area (Å²) in [6.45, 7) is 10.9. The van der Waals surface area contributed by atoms with E-state index in [9.17, 15) is 0 Å². The van der Waals surface area contributed by atoms with Gasteiger partial charge in [0.15, 0.2) is 0 Å². The molecule has 0 bridgehead atoms. The fourth-order valence-corrected chi connectivity index (χ4v) is 2.89. The Bertz CT molecular complexity index is 435. The van der Waals surface area contributed by atoms with Crippen LogP contribution in [0.5, 0.6) is 0 Å². The van der Waals surface area contributed by atoms with Gasteiger partial charge in [0.2, 0.25) is 0 Å². The maximum atomic E-state index is 6.37. The molecule has 0 saturated carbocycles. The molecular formula is C17H28Cl2N2. The van der Waals surface area contributed by atoms with E-state index in [0.29, 0.717) is 22.0 Å². The SMILES string of the molecule is CCNC(CCN(C)C(C)C(C)C)c1cccc(Cl)c1Cl. The highest BCUT2D eigenvalue weighted by Gasteiger charge is 2.18. The minimum Gasteiger partial charge on any atom is -0.310 e. The summed E-state index contributed by atoms with van der Waals surface area (Å²) in [5.74, 6) is 0.655. The van der Waals surface area contributed by atoms with Gasteiger partial charge in [0, 0.05) is 12.1 Å². The van der Waals surface area contributed by atoms with Crippen LogP contribution in [0.15, 0.2) is 18.2 Å². The molecule has 120 valence electrons. The molecule has 0 radical (unpaired) electrons. The first kappa shape index (κ1) is 18.8. The average molecular weight is 331 g/mol. The van der Waals surface area contributed by atoms with Crippen molar-refractivity contribution in [3.8, 4) is 0 Å². The Labute approximate surface area is 139 Å². The van der Waals surface area contributed by atoms with Crippen LogP contribution in [0.2, 0.25) is 10.0 Å². The smallest absolute Gasteiger partial charge is 0.0640 e. The normalized spacial score (nSPS) is 14.7. The second-order valence-electron chi connectivity index (χ2n) is 6.01. The van der Waals surface area contributed by atoms with Gasteiger partial charge in [-0.3, -0.25) is 0 Å². The molecule has 1 N–H and O–H groups in total. The standard InChI is InChI=1S/C17H28Cl2N2/c1-6-20-16(10-11-21(5)13(4)12(2)3)14-8-7-9-15(18)17(14)19/h7-9,12-13,16,20H,6,10-11H2,1-5H3. The second kappa shape index (κ2) is 8.99. The predicted molar refractivity (Wildman–Crippen MR) is 94.4 cm³/mol. The van der Waals surface area contributed by atoms with E-state index < -0.39 is 0 Å². The van der Waals surface area contributed by atoms with Crippen LogP contribution < -0.4 is 5.32 Å². The lowest BCUT2D eigenvalue weighted by molar-refractivity contribution is 0.198. The van der Waals surface area contributed by atoms with Gasteiger partial charge in [-0.1, -0.05) is 56.1 Å². The molecule has 21 heavy (non-hydrogen) atoms. The Morgan fingerprint density at radius 1 is 1.19 bits per heavy atom. The number of nitrogens with zero attached hydrogens (tertiary/aromatic N) is 1. The first-order valence-electron chi connectivity index (χ1n) is 7.76. The lowest BCUT2D eigenvalue weighted by atomic mass is 10.0. The molecule has 1 aromatic carbocycles. The summed E-state index contributed by atoms with van der Waals surface area (Å²) in [5, 5.41) is 4.82. The highest BCUT2D eigenvalue weighted by Crippen LogP contribution is 2.31. The average Bonchev–Trinajstić information content (AvgIpc) is 2.45. The van der Waals surface area contributed by atoms with Crippen molar-refractivity contribution in [2.75, 3.05) is 20.1 Å². The van der Waals surface area contributed by atoms with Gasteiger partial charge in [-0.2, -0.15) is 0 Å². The molecule has 2 nitrogen and oxygen atoms in total. The Kier molecular flexibility index (Phi) is 8.04. The number of benzene rings is 1. The van der Waals surface area contributed by atoms with Crippen LogP contribution in [0.25, 0.3) is 0 Å². The van der Waals surface area contributed by atoms with E-state index in [0.717, 1.165) is 25.1 Å². The van der Waals surface area contributed by atoms with Crippen molar-refractivity contribution in [3.63, 3.8) is 0 Å². The number of nitrogens with one attached hydrogen (secondary N) is 1. The minimum absolute atomic E-state index is 0.239. The summed E-state index contributed by atoms with van der Waals surface area (Å²) < 4.78 is 0. The number of rotatable bonds is 8. The van der Waals surface area contributed by atoms with Crippen molar-refractivity contribution in [1.82, 2.24) is 10.2 Å². The van der Waals surface area contributed by atoms with Gasteiger partial charge >= 0.3 is 0 Å². The van der Waals surface area contributed by atoms with E-state index in [-0.39, 0.29) is 6.04 Å². The number of hydrogen-bond donors (Lipinski definition) is 1. The highest BCUT2D eigenvalue weighted by atomic mass is 35.5. The van der Waals surface area contributed by atoms with E-state index in [1.165, 1.54) is 0 Å². The lowest BCUT2D eigenvalue weighted by Gasteiger charge is -2.30. The van der Waals surface area contributed by atoms with E-state index in [2.05, 4.69) is 51.0 Å². The van der Waals surface area contributed by atoms with Crippen LogP contribution in [0.1, 0.15) is 45.7 Å². The molecule has 0 aliphatic rings. The van der Waals surface area contributed by atoms with E-state index in [1.807, 2.05) is 12.1 Å². The van der Waals surface area contributed by atoms with Crippen LogP contribution >= 0.6 is 23.2 Å². The number of hydrogen-bond acceptors (Lipinski definition) is 2. The molecular weight excluding hydrogens is 303 g/mol. The molecule has 0 saturated heterocycles. The topological polar surface area (TPSA) is 15.3 Å². The molecule has 2 atom stereocenters. The Balaban J connectivity index is 2.76. The van der Waals surface area contributed by atoms with Gasteiger partial charge < -0.3 is 10.2 Å². The predicted octanol–water partition coefficient (Wildman–Crippen LogP) is 5.01. The zero-order valence-electron chi connectivity index (χ0n) is 13.8. The second-order valence-corrected chi connectivity index (χ2v) is 6.79. The van der Waals surface area contributed by atoms with Crippen molar-refractivity contribution in [2.24, 2.45) is 5.92 Å². The van der Waals surface area contributed by atoms with Crippen molar-refractivity contribution < 1.29 is 0 Å². The van der Waals surface area contributed by atoms with E-state index in [4.69, 9.17) is 23.2 Å². The van der Waals surface area contributed by atoms with Gasteiger partial charge in [0.25, 0.3) is 0 Å². The largest absolute Gasteiger partial charge is 0.310 e. The molecule has 0 heterocycles. The zero-order valence-corrected chi connectivity index (χ0v) is 15.3. The van der Waals surface area contributed by atoms with Gasteiger partial charge in [-0.15, -0.1) is 0 Å². The molecule has 0 aliphatic heterocycles. The third kappa shape index (κ3) is 5.45. The number of halogens is 2. The molecule has 4 heteroatoms. The van der Waals surface area contributed by atoms with E-state index in [1.54, 1.807) is 0 Å². The third-order valence-electron chi connectivity index (χ3n) is 4.24. The first-order valence-corrected chi connectivity index (χ1v) is 8.51. The van der Waals surface area contributed by atoms with Crippen molar-refractivity contribution in [3.05, 3.63) is 33.8 Å². The maximum absolute atomic E-state index is 6.37. The molecule has 0 fully saturated rings. The molecule has 0 spiro atoms. The monoisotopic (exact) mass is 330 g/mol. The lowest BCUT2D eigenvalue weighted by Crippen LogP contribution is -2.36. The summed E-state index contributed by atoms with van der Waals surface area (Å²) in [4.78, 5) is 2.41. The summed E-state index contributed by atoms with van der Waals surface area (Å²) >= 11 is 12.5. The molecule has 0 aliphatic carbocycles. The van der Waals surface area contributed by atoms with Crippen LogP contribution in [-0.2, 0) is 0 Å². The molecule has 2 unspecified atom stereocenters. The molecule has 0 aromatic heterocycles. The third-order valence-corrected chi connectivity index (χ3v) is 5.07. The first-order chi connectivity index (χ1) is 9.88. The van der Waals surface area contributed by atoms with Crippen LogP contribution in [0, 0.1) is 5.92 Å². The summed E-state index contributed by atoms with van der Waals surface area (Å²) in [6.07, 6.45) is 1.02. The van der Waals surface area contributed by atoms with Gasteiger partial charge in [-0.05, 0) is 51.0 Å². The zero-order chi connectivity index (χ0) is 16.0. The highest BCUT2D eigenvalue weighted by molar-refractivity contribution is 6.42. The van der Waals surface area contributed by atoms with E-state index >= 15 is 0 Å². The van der Waals surface area contributed by atoms with Crippen LogP contribution in [0.3, 0.4) is 0 Å². The van der Waals surface area contributed by atoms with Crippen LogP contribution in [-0.4, -0.2) is 31.1 Å². The molecule has 0 amide bonds. The van der Waals surface area contributed by atoms with Crippen LogP contribution in [0.4, 0.5) is 0 Å². The fourth-order valence-electron chi connectivity index (χ4n) is 2.45. The fraction of sp³-hybridized carbons (Fsp3) is 0.647. The van der Waals surface area contributed by atoms with Crippen molar-refractivity contribution in [1.29, 1.82) is 0 Å². The quantitative estimate of drug-likeness (QED) is 0.720. The Morgan fingerprint density at radius 2 is 1.86 bits per heavy atom.